The predicted octanol–water partition coefficient (Wildman–Crippen LogP) is 3.94. The summed E-state index contributed by atoms with van der Waals surface area (Å²) in [4.78, 5) is 26.9. The Labute approximate surface area is 165 Å². The maximum atomic E-state index is 13.2. The van der Waals surface area contributed by atoms with Crippen LogP contribution in [0.4, 0.5) is 5.69 Å². The van der Waals surface area contributed by atoms with Crippen molar-refractivity contribution in [2.75, 3.05) is 6.54 Å². The van der Waals surface area contributed by atoms with E-state index < -0.39 is 4.92 Å². The number of fused-ring (bicyclic) bond motifs is 1. The van der Waals surface area contributed by atoms with Crippen LogP contribution < -0.4 is 0 Å². The minimum atomic E-state index is -0.424. The Bertz CT molecular complexity index is 1010. The molecule has 1 aliphatic rings. The van der Waals surface area contributed by atoms with Gasteiger partial charge in [0.15, 0.2) is 0 Å². The molecule has 0 radical (unpaired) electrons. The van der Waals surface area contributed by atoms with Crippen LogP contribution in [0.5, 0.6) is 0 Å². The van der Waals surface area contributed by atoms with Crippen molar-refractivity contribution in [2.45, 2.75) is 19.1 Å². The monoisotopic (exact) mass is 394 g/mol. The number of rotatable bonds is 4. The van der Waals surface area contributed by atoms with Crippen molar-refractivity contribution >= 4 is 22.9 Å². The summed E-state index contributed by atoms with van der Waals surface area (Å²) in [7, 11) is 0. The number of amides is 1. The molecule has 1 aromatic heterocycles. The van der Waals surface area contributed by atoms with E-state index in [0.29, 0.717) is 12.1 Å². The molecule has 1 N–H and O–H groups in total. The molecule has 0 bridgehead atoms. The lowest BCUT2D eigenvalue weighted by atomic mass is 9.92. The highest BCUT2D eigenvalue weighted by molar-refractivity contribution is 7.10. The maximum Gasteiger partial charge on any atom is 0.269 e. The Morgan fingerprint density at radius 1 is 1.14 bits per heavy atom. The molecule has 28 heavy (non-hydrogen) atoms. The van der Waals surface area contributed by atoms with E-state index in [-0.39, 0.29) is 24.2 Å². The third kappa shape index (κ3) is 3.30. The number of hydrogen-bond acceptors (Lipinski definition) is 5. The second-order valence-electron chi connectivity index (χ2n) is 6.65. The van der Waals surface area contributed by atoms with Gasteiger partial charge in [0.2, 0.25) is 0 Å². The molecule has 0 aliphatic carbocycles. The van der Waals surface area contributed by atoms with Crippen LogP contribution in [0.1, 0.15) is 38.0 Å². The van der Waals surface area contributed by atoms with Crippen LogP contribution in [0.25, 0.3) is 0 Å². The van der Waals surface area contributed by atoms with Gasteiger partial charge in [0.25, 0.3) is 11.6 Å². The van der Waals surface area contributed by atoms with Crippen molar-refractivity contribution in [3.8, 4) is 0 Å². The first kappa shape index (κ1) is 18.3. The van der Waals surface area contributed by atoms with Gasteiger partial charge in [-0.3, -0.25) is 14.9 Å². The van der Waals surface area contributed by atoms with E-state index in [0.717, 1.165) is 23.1 Å². The third-order valence-electron chi connectivity index (χ3n) is 5.03. The number of nitro groups is 1. The molecule has 1 unspecified atom stereocenters. The fourth-order valence-electron chi connectivity index (χ4n) is 3.59. The highest BCUT2D eigenvalue weighted by Gasteiger charge is 2.33. The van der Waals surface area contributed by atoms with Gasteiger partial charge in [-0.05, 0) is 58.8 Å². The Kier molecular flexibility index (Phi) is 4.93. The van der Waals surface area contributed by atoms with Crippen LogP contribution in [-0.4, -0.2) is 27.4 Å². The smallest absolute Gasteiger partial charge is 0.269 e. The minimum absolute atomic E-state index is 0.0302. The number of non-ortho nitro benzene ring substituents is 1. The number of nitro benzene ring substituents is 1. The molecule has 1 atom stereocenters. The average Bonchev–Trinajstić information content (AvgIpc) is 3.21. The summed E-state index contributed by atoms with van der Waals surface area (Å²) >= 11 is 1.67. The van der Waals surface area contributed by atoms with Crippen LogP contribution in [0.15, 0.2) is 60.0 Å². The fraction of sp³-hybridized carbons (Fsp3) is 0.190. The fourth-order valence-corrected chi connectivity index (χ4v) is 4.50. The molecule has 0 fully saturated rings. The van der Waals surface area contributed by atoms with Crippen LogP contribution in [0.3, 0.4) is 0 Å². The molecule has 3 aromatic rings. The average molecular weight is 394 g/mol. The van der Waals surface area contributed by atoms with Crippen molar-refractivity contribution in [3.05, 3.63) is 97.2 Å². The van der Waals surface area contributed by atoms with E-state index in [9.17, 15) is 20.0 Å². The second-order valence-corrected chi connectivity index (χ2v) is 7.65. The lowest BCUT2D eigenvalue weighted by Gasteiger charge is -2.36. The molecular weight excluding hydrogens is 376 g/mol. The highest BCUT2D eigenvalue weighted by atomic mass is 32.1. The number of aliphatic hydroxyl groups excluding tert-OH is 1. The molecule has 0 saturated carbocycles. The number of hydrogen-bond donors (Lipinski definition) is 1. The predicted molar refractivity (Wildman–Crippen MR) is 106 cm³/mol. The summed E-state index contributed by atoms with van der Waals surface area (Å²) in [5, 5.41) is 22.2. The molecule has 0 spiro atoms. The SMILES string of the molecule is O=C(c1ccc(CO)cc1)N1CCc2sccc2C1c1ccc([N+](=O)[O-])cc1. The molecule has 1 amide bonds. The van der Waals surface area contributed by atoms with Gasteiger partial charge in [-0.1, -0.05) is 12.1 Å². The van der Waals surface area contributed by atoms with Crippen molar-refractivity contribution in [1.82, 2.24) is 4.90 Å². The van der Waals surface area contributed by atoms with Crippen LogP contribution in [0, 0.1) is 10.1 Å². The van der Waals surface area contributed by atoms with Gasteiger partial charge in [-0.2, -0.15) is 0 Å². The lowest BCUT2D eigenvalue weighted by Crippen LogP contribution is -2.40. The summed E-state index contributed by atoms with van der Waals surface area (Å²) in [6, 6.07) is 15.1. The minimum Gasteiger partial charge on any atom is -0.392 e. The zero-order valence-electron chi connectivity index (χ0n) is 14.9. The van der Waals surface area contributed by atoms with Gasteiger partial charge in [0.1, 0.15) is 0 Å². The van der Waals surface area contributed by atoms with Gasteiger partial charge in [0.05, 0.1) is 17.6 Å². The summed E-state index contributed by atoms with van der Waals surface area (Å²) in [6.07, 6.45) is 0.789. The molecule has 142 valence electrons. The Morgan fingerprint density at radius 3 is 2.50 bits per heavy atom. The second kappa shape index (κ2) is 7.53. The van der Waals surface area contributed by atoms with E-state index in [2.05, 4.69) is 0 Å². The number of benzene rings is 2. The number of nitrogens with zero attached hydrogens (tertiary/aromatic N) is 2. The van der Waals surface area contributed by atoms with Crippen LogP contribution >= 0.6 is 11.3 Å². The summed E-state index contributed by atoms with van der Waals surface area (Å²) in [6.45, 7) is 0.512. The van der Waals surface area contributed by atoms with Crippen molar-refractivity contribution < 1.29 is 14.8 Å². The van der Waals surface area contributed by atoms with E-state index in [1.54, 1.807) is 47.7 Å². The number of carbonyl (C=O) groups excluding carboxylic acids is 1. The first-order valence-electron chi connectivity index (χ1n) is 8.90. The highest BCUT2D eigenvalue weighted by Crippen LogP contribution is 2.39. The number of thiophene rings is 1. The van der Waals surface area contributed by atoms with E-state index >= 15 is 0 Å². The molecule has 1 aliphatic heterocycles. The molecule has 2 aromatic carbocycles. The van der Waals surface area contributed by atoms with E-state index in [1.807, 2.05) is 16.3 Å². The molecule has 6 nitrogen and oxygen atoms in total. The Morgan fingerprint density at radius 2 is 1.86 bits per heavy atom. The number of carbonyl (C=O) groups is 1. The zero-order valence-corrected chi connectivity index (χ0v) is 15.8. The van der Waals surface area contributed by atoms with Gasteiger partial charge in [-0.15, -0.1) is 11.3 Å². The molecule has 2 heterocycles. The van der Waals surface area contributed by atoms with Gasteiger partial charge >= 0.3 is 0 Å². The first-order chi connectivity index (χ1) is 13.6. The van der Waals surface area contributed by atoms with Gasteiger partial charge < -0.3 is 10.0 Å². The Balaban J connectivity index is 1.72. The van der Waals surface area contributed by atoms with Gasteiger partial charge in [-0.25, -0.2) is 0 Å². The topological polar surface area (TPSA) is 83.7 Å². The van der Waals surface area contributed by atoms with E-state index in [4.69, 9.17) is 0 Å². The summed E-state index contributed by atoms with van der Waals surface area (Å²) in [5.74, 6) is -0.0929. The largest absolute Gasteiger partial charge is 0.392 e. The van der Waals surface area contributed by atoms with Crippen molar-refractivity contribution in [3.63, 3.8) is 0 Å². The zero-order chi connectivity index (χ0) is 19.7. The normalized spacial score (nSPS) is 15.9. The van der Waals surface area contributed by atoms with Crippen molar-refractivity contribution in [1.29, 1.82) is 0 Å². The summed E-state index contributed by atoms with van der Waals surface area (Å²) in [5.41, 5.74) is 3.27. The lowest BCUT2D eigenvalue weighted by molar-refractivity contribution is -0.384. The summed E-state index contributed by atoms with van der Waals surface area (Å²) < 4.78 is 0. The standard InChI is InChI=1S/C21H18N2O4S/c24-13-14-1-3-16(4-2-14)21(25)22-11-9-19-18(10-12-28-19)20(22)15-5-7-17(8-6-15)23(26)27/h1-8,10,12,20,24H,9,11,13H2. The third-order valence-corrected chi connectivity index (χ3v) is 6.03. The van der Waals surface area contributed by atoms with Crippen molar-refractivity contribution in [2.24, 2.45) is 0 Å². The first-order valence-corrected chi connectivity index (χ1v) is 9.78. The van der Waals surface area contributed by atoms with E-state index in [1.165, 1.54) is 17.0 Å². The van der Waals surface area contributed by atoms with Gasteiger partial charge in [0, 0.05) is 29.1 Å². The number of aliphatic hydroxyl groups is 1. The molecular formula is C21H18N2O4S. The quantitative estimate of drug-likeness (QED) is 0.537. The van der Waals surface area contributed by atoms with Crippen LogP contribution in [0.2, 0.25) is 0 Å². The Hall–Kier alpha value is -3.03. The van der Waals surface area contributed by atoms with Crippen LogP contribution in [-0.2, 0) is 13.0 Å². The molecule has 4 rings (SSSR count). The molecule has 7 heteroatoms. The maximum absolute atomic E-state index is 13.2. The molecule has 0 saturated heterocycles.